The van der Waals surface area contributed by atoms with E-state index in [1.807, 2.05) is 0 Å². The van der Waals surface area contributed by atoms with Crippen molar-refractivity contribution in [2.75, 3.05) is 7.05 Å². The fourth-order valence-electron chi connectivity index (χ4n) is 0.429. The van der Waals surface area contributed by atoms with Crippen LogP contribution in [-0.2, 0) is 4.79 Å². The Hall–Kier alpha value is -0.760. The fraction of sp³-hybridized carbons (Fsp3) is 0.286. The van der Waals surface area contributed by atoms with Crippen molar-refractivity contribution < 1.29 is 4.79 Å². The third kappa shape index (κ3) is 4.15. The molecule has 0 spiro atoms. The molecule has 0 radical (unpaired) electrons. The minimum absolute atomic E-state index is 0.0944. The predicted octanol–water partition coefficient (Wildman–Crippen LogP) is 1.43. The highest BCUT2D eigenvalue weighted by Crippen LogP contribution is 2.05. The van der Waals surface area contributed by atoms with Gasteiger partial charge in [-0.05, 0) is 6.08 Å². The normalized spacial score (nSPS) is 10.8. The summed E-state index contributed by atoms with van der Waals surface area (Å²) in [5.74, 6) is -0.0944. The zero-order valence-corrected chi connectivity index (χ0v) is 6.61. The van der Waals surface area contributed by atoms with E-state index < -0.39 is 0 Å². The summed E-state index contributed by atoms with van der Waals surface area (Å²) in [5.41, 5.74) is 0. The molecule has 0 atom stereocenters. The maximum Gasteiger partial charge on any atom is 0.225 e. The monoisotopic (exact) mass is 159 g/mol. The van der Waals surface area contributed by atoms with Crippen molar-refractivity contribution in [3.05, 3.63) is 23.8 Å². The number of rotatable bonds is 3. The molecule has 10 heavy (non-hydrogen) atoms. The summed E-state index contributed by atoms with van der Waals surface area (Å²) in [6, 6.07) is 0. The lowest BCUT2D eigenvalue weighted by atomic mass is 10.3. The van der Waals surface area contributed by atoms with E-state index in [0.29, 0.717) is 5.03 Å². The lowest BCUT2D eigenvalue weighted by molar-refractivity contribution is -0.119. The highest BCUT2D eigenvalue weighted by molar-refractivity contribution is 6.30. The third-order valence-corrected chi connectivity index (χ3v) is 1.17. The lowest BCUT2D eigenvalue weighted by Crippen LogP contribution is -2.16. The van der Waals surface area contributed by atoms with E-state index in [1.165, 1.54) is 0 Å². The molecule has 0 aliphatic carbocycles. The molecule has 0 aromatic rings. The van der Waals surface area contributed by atoms with Crippen LogP contribution in [0.3, 0.4) is 0 Å². The first-order valence-electron chi connectivity index (χ1n) is 2.88. The summed E-state index contributed by atoms with van der Waals surface area (Å²) < 4.78 is 0. The SMILES string of the molecule is C=C/C=C(/Cl)CC(=O)NC. The Bertz CT molecular complexity index is 163. The largest absolute Gasteiger partial charge is 0.359 e. The average Bonchev–Trinajstić information content (AvgIpc) is 1.88. The quantitative estimate of drug-likeness (QED) is 0.621. The molecule has 56 valence electrons. The molecular formula is C7H10ClNO. The summed E-state index contributed by atoms with van der Waals surface area (Å²) in [6.45, 7) is 3.44. The molecule has 1 amide bonds. The minimum Gasteiger partial charge on any atom is -0.359 e. The molecule has 3 heteroatoms. The van der Waals surface area contributed by atoms with Crippen molar-refractivity contribution in [3.63, 3.8) is 0 Å². The van der Waals surface area contributed by atoms with Crippen LogP contribution in [-0.4, -0.2) is 13.0 Å². The highest BCUT2D eigenvalue weighted by atomic mass is 35.5. The Labute approximate surface area is 65.6 Å². The van der Waals surface area contributed by atoms with E-state index >= 15 is 0 Å². The predicted molar refractivity (Wildman–Crippen MR) is 42.8 cm³/mol. The summed E-state index contributed by atoms with van der Waals surface area (Å²) in [7, 11) is 1.57. The van der Waals surface area contributed by atoms with Crippen LogP contribution in [0.5, 0.6) is 0 Å². The molecule has 0 aromatic heterocycles. The van der Waals surface area contributed by atoms with Crippen LogP contribution in [0.15, 0.2) is 23.8 Å². The van der Waals surface area contributed by atoms with Gasteiger partial charge in [-0.2, -0.15) is 0 Å². The van der Waals surface area contributed by atoms with E-state index in [4.69, 9.17) is 11.6 Å². The van der Waals surface area contributed by atoms with Crippen molar-refractivity contribution in [1.82, 2.24) is 5.32 Å². The molecule has 0 bridgehead atoms. The second-order valence-electron chi connectivity index (χ2n) is 1.70. The van der Waals surface area contributed by atoms with Crippen molar-refractivity contribution in [2.24, 2.45) is 0 Å². The minimum atomic E-state index is -0.0944. The topological polar surface area (TPSA) is 29.1 Å². The van der Waals surface area contributed by atoms with Crippen LogP contribution >= 0.6 is 11.6 Å². The number of hydrogen-bond acceptors (Lipinski definition) is 1. The van der Waals surface area contributed by atoms with Crippen molar-refractivity contribution in [2.45, 2.75) is 6.42 Å². The second-order valence-corrected chi connectivity index (χ2v) is 2.18. The Kier molecular flexibility index (Phi) is 4.67. The van der Waals surface area contributed by atoms with Gasteiger partial charge < -0.3 is 5.32 Å². The summed E-state index contributed by atoms with van der Waals surface area (Å²) >= 11 is 5.58. The molecule has 0 aromatic carbocycles. The average molecular weight is 160 g/mol. The molecule has 0 saturated heterocycles. The van der Waals surface area contributed by atoms with E-state index in [1.54, 1.807) is 19.2 Å². The Morgan fingerprint density at radius 3 is 2.80 bits per heavy atom. The number of carbonyl (C=O) groups is 1. The Morgan fingerprint density at radius 2 is 2.40 bits per heavy atom. The standard InChI is InChI=1S/C7H10ClNO/c1-3-4-6(8)5-7(10)9-2/h3-4H,1,5H2,2H3,(H,9,10)/b6-4+. The number of allylic oxidation sites excluding steroid dienone is 2. The van der Waals surface area contributed by atoms with Gasteiger partial charge in [-0.25, -0.2) is 0 Å². The number of hydrogen-bond donors (Lipinski definition) is 1. The van der Waals surface area contributed by atoms with Gasteiger partial charge in [0.25, 0.3) is 0 Å². The van der Waals surface area contributed by atoms with E-state index in [0.717, 1.165) is 0 Å². The van der Waals surface area contributed by atoms with Crippen molar-refractivity contribution >= 4 is 17.5 Å². The van der Waals surface area contributed by atoms with Gasteiger partial charge in [-0.15, -0.1) is 0 Å². The first kappa shape index (κ1) is 9.24. The molecular weight excluding hydrogens is 150 g/mol. The lowest BCUT2D eigenvalue weighted by Gasteiger charge is -1.95. The van der Waals surface area contributed by atoms with Gasteiger partial charge in [0.15, 0.2) is 0 Å². The Morgan fingerprint density at radius 1 is 1.80 bits per heavy atom. The highest BCUT2D eigenvalue weighted by Gasteiger charge is 1.98. The molecule has 0 fully saturated rings. The maximum absolute atomic E-state index is 10.6. The molecule has 0 saturated carbocycles. The molecule has 0 aliphatic rings. The molecule has 2 nitrogen and oxygen atoms in total. The van der Waals surface area contributed by atoms with E-state index in [-0.39, 0.29) is 12.3 Å². The number of halogens is 1. The third-order valence-electron chi connectivity index (χ3n) is 0.907. The van der Waals surface area contributed by atoms with Gasteiger partial charge in [-0.3, -0.25) is 4.79 Å². The van der Waals surface area contributed by atoms with Gasteiger partial charge in [0.2, 0.25) is 5.91 Å². The van der Waals surface area contributed by atoms with Crippen molar-refractivity contribution in [1.29, 1.82) is 0 Å². The smallest absolute Gasteiger partial charge is 0.225 e. The van der Waals surface area contributed by atoms with Crippen LogP contribution < -0.4 is 5.32 Å². The number of carbonyl (C=O) groups excluding carboxylic acids is 1. The van der Waals surface area contributed by atoms with Gasteiger partial charge in [0, 0.05) is 12.1 Å². The van der Waals surface area contributed by atoms with Gasteiger partial charge in [-0.1, -0.05) is 24.3 Å². The zero-order valence-electron chi connectivity index (χ0n) is 5.86. The van der Waals surface area contributed by atoms with Crippen LogP contribution in [0.25, 0.3) is 0 Å². The summed E-state index contributed by atoms with van der Waals surface area (Å²) in [6.07, 6.45) is 3.37. The first-order chi connectivity index (χ1) is 4.70. The first-order valence-corrected chi connectivity index (χ1v) is 3.26. The summed E-state index contributed by atoms with van der Waals surface area (Å²) in [4.78, 5) is 10.6. The molecule has 0 aliphatic heterocycles. The number of nitrogens with one attached hydrogen (secondary N) is 1. The van der Waals surface area contributed by atoms with Crippen LogP contribution in [0.2, 0.25) is 0 Å². The van der Waals surface area contributed by atoms with Gasteiger partial charge in [0.1, 0.15) is 0 Å². The molecule has 1 N–H and O–H groups in total. The molecule has 0 rings (SSSR count). The van der Waals surface area contributed by atoms with Crippen LogP contribution in [0, 0.1) is 0 Å². The fourth-order valence-corrected chi connectivity index (χ4v) is 0.639. The zero-order chi connectivity index (χ0) is 7.98. The van der Waals surface area contributed by atoms with Crippen LogP contribution in [0.1, 0.15) is 6.42 Å². The molecule has 0 heterocycles. The molecule has 0 unspecified atom stereocenters. The Balaban J connectivity index is 3.78. The second kappa shape index (κ2) is 5.06. The van der Waals surface area contributed by atoms with E-state index in [9.17, 15) is 4.79 Å². The number of amides is 1. The van der Waals surface area contributed by atoms with Gasteiger partial charge >= 0.3 is 0 Å². The van der Waals surface area contributed by atoms with E-state index in [2.05, 4.69) is 11.9 Å². The maximum atomic E-state index is 10.6. The summed E-state index contributed by atoms with van der Waals surface area (Å²) in [5, 5.41) is 2.95. The van der Waals surface area contributed by atoms with Gasteiger partial charge in [0.05, 0.1) is 6.42 Å². The van der Waals surface area contributed by atoms with Crippen LogP contribution in [0.4, 0.5) is 0 Å². The van der Waals surface area contributed by atoms with Crippen molar-refractivity contribution in [3.8, 4) is 0 Å².